The van der Waals surface area contributed by atoms with Gasteiger partial charge in [0.25, 0.3) is 5.91 Å². The second-order valence-electron chi connectivity index (χ2n) is 7.26. The number of nitrogens with one attached hydrogen (secondary N) is 1. The first-order valence-corrected chi connectivity index (χ1v) is 9.57. The average Bonchev–Trinajstić information content (AvgIpc) is 3.13. The van der Waals surface area contributed by atoms with Gasteiger partial charge in [-0.3, -0.25) is 9.69 Å². The molecule has 0 aliphatic carbocycles. The number of halogens is 2. The van der Waals surface area contributed by atoms with Crippen molar-refractivity contribution in [2.24, 2.45) is 0 Å². The highest BCUT2D eigenvalue weighted by Gasteiger charge is 2.31. The van der Waals surface area contributed by atoms with E-state index >= 15 is 0 Å². The number of pyridine rings is 1. The Morgan fingerprint density at radius 1 is 1.26 bits per heavy atom. The van der Waals surface area contributed by atoms with Crippen molar-refractivity contribution in [3.05, 3.63) is 23.9 Å². The second kappa shape index (κ2) is 11.1. The fourth-order valence-electron chi connectivity index (χ4n) is 3.93. The first kappa shape index (κ1) is 24.0. The molecule has 8 heteroatoms. The van der Waals surface area contributed by atoms with Crippen LogP contribution in [0.4, 0.5) is 5.82 Å². The van der Waals surface area contributed by atoms with Crippen molar-refractivity contribution >= 4 is 36.5 Å². The third-order valence-electron chi connectivity index (χ3n) is 5.37. The van der Waals surface area contributed by atoms with Crippen LogP contribution in [0.5, 0.6) is 0 Å². The fourth-order valence-corrected chi connectivity index (χ4v) is 3.93. The number of hydrogen-bond acceptors (Lipinski definition) is 5. The number of anilines is 1. The number of carbonyl (C=O) groups excluding carboxylic acids is 1. The smallest absolute Gasteiger partial charge is 0.255 e. The van der Waals surface area contributed by atoms with Crippen LogP contribution < -0.4 is 10.2 Å². The van der Waals surface area contributed by atoms with Gasteiger partial charge in [0, 0.05) is 64.1 Å². The minimum atomic E-state index is 0. The molecule has 0 radical (unpaired) electrons. The molecule has 1 N–H and O–H groups in total. The monoisotopic (exact) mass is 417 g/mol. The molecule has 1 amide bonds. The molecule has 0 spiro atoms. The largest absolute Gasteiger partial charge is 0.354 e. The topological polar surface area (TPSA) is 51.7 Å². The number of nitrogens with zero attached hydrogens (tertiary/aromatic N) is 4. The molecule has 154 valence electrons. The molecular weight excluding hydrogens is 385 g/mol. The highest BCUT2D eigenvalue weighted by atomic mass is 35.5. The predicted molar refractivity (Wildman–Crippen MR) is 116 cm³/mol. The lowest BCUT2D eigenvalue weighted by atomic mass is 10.2. The van der Waals surface area contributed by atoms with Gasteiger partial charge in [-0.2, -0.15) is 0 Å². The zero-order chi connectivity index (χ0) is 17.8. The van der Waals surface area contributed by atoms with Gasteiger partial charge in [-0.05, 0) is 39.3 Å². The molecule has 1 atom stereocenters. The first-order valence-electron chi connectivity index (χ1n) is 9.57. The maximum atomic E-state index is 12.8. The maximum Gasteiger partial charge on any atom is 0.255 e. The molecule has 2 fully saturated rings. The maximum absolute atomic E-state index is 12.8. The Morgan fingerprint density at radius 2 is 1.96 bits per heavy atom. The summed E-state index contributed by atoms with van der Waals surface area (Å²) in [5.41, 5.74) is 0.699. The molecule has 1 aromatic rings. The first-order chi connectivity index (χ1) is 12.1. The van der Waals surface area contributed by atoms with Crippen LogP contribution >= 0.6 is 24.8 Å². The fraction of sp³-hybridized carbons (Fsp3) is 0.684. The number of likely N-dealkylation sites (tertiary alicyclic amines) is 1. The summed E-state index contributed by atoms with van der Waals surface area (Å²) >= 11 is 0. The summed E-state index contributed by atoms with van der Waals surface area (Å²) in [5.74, 6) is 1.05. The third kappa shape index (κ3) is 5.70. The van der Waals surface area contributed by atoms with Gasteiger partial charge >= 0.3 is 0 Å². The molecule has 1 aromatic heterocycles. The second-order valence-corrected chi connectivity index (χ2v) is 7.26. The van der Waals surface area contributed by atoms with Crippen molar-refractivity contribution in [3.63, 3.8) is 0 Å². The molecule has 0 bridgehead atoms. The summed E-state index contributed by atoms with van der Waals surface area (Å²) in [6, 6.07) is 4.81. The van der Waals surface area contributed by atoms with Crippen LogP contribution in [-0.4, -0.2) is 78.6 Å². The number of amides is 1. The highest BCUT2D eigenvalue weighted by Crippen LogP contribution is 2.20. The van der Waals surface area contributed by atoms with Crippen molar-refractivity contribution in [3.8, 4) is 0 Å². The molecular formula is C19H33Cl2N5O. The van der Waals surface area contributed by atoms with Crippen molar-refractivity contribution in [2.75, 3.05) is 50.7 Å². The van der Waals surface area contributed by atoms with E-state index in [1.165, 1.54) is 0 Å². The van der Waals surface area contributed by atoms with Gasteiger partial charge in [0.2, 0.25) is 0 Å². The van der Waals surface area contributed by atoms with E-state index in [2.05, 4.69) is 40.9 Å². The minimum Gasteiger partial charge on any atom is -0.354 e. The van der Waals surface area contributed by atoms with Gasteiger partial charge in [0.15, 0.2) is 0 Å². The molecule has 3 rings (SSSR count). The Bertz CT molecular complexity index is 578. The van der Waals surface area contributed by atoms with E-state index in [-0.39, 0.29) is 30.7 Å². The third-order valence-corrected chi connectivity index (χ3v) is 5.37. The lowest BCUT2D eigenvalue weighted by molar-refractivity contribution is 0.0773. The van der Waals surface area contributed by atoms with Gasteiger partial charge in [-0.1, -0.05) is 0 Å². The molecule has 1 unspecified atom stereocenters. The van der Waals surface area contributed by atoms with E-state index < -0.39 is 0 Å². The van der Waals surface area contributed by atoms with Crippen LogP contribution in [0.25, 0.3) is 0 Å². The van der Waals surface area contributed by atoms with Crippen LogP contribution in [0.2, 0.25) is 0 Å². The Hall–Kier alpha value is -1.08. The Kier molecular flexibility index (Phi) is 9.81. The lowest BCUT2D eigenvalue weighted by Gasteiger charge is -2.32. The van der Waals surface area contributed by atoms with E-state index in [9.17, 15) is 4.79 Å². The molecule has 2 aliphatic heterocycles. The molecule has 0 saturated carbocycles. The summed E-state index contributed by atoms with van der Waals surface area (Å²) < 4.78 is 0. The highest BCUT2D eigenvalue weighted by molar-refractivity contribution is 5.94. The normalized spacial score (nSPS) is 20.1. The summed E-state index contributed by atoms with van der Waals surface area (Å²) in [6.07, 6.45) is 2.81. The summed E-state index contributed by atoms with van der Waals surface area (Å²) in [5, 5.41) is 3.39. The molecule has 2 saturated heterocycles. The van der Waals surface area contributed by atoms with E-state index in [4.69, 9.17) is 0 Å². The zero-order valence-corrected chi connectivity index (χ0v) is 18.2. The Labute approximate surface area is 175 Å². The van der Waals surface area contributed by atoms with Crippen molar-refractivity contribution < 1.29 is 4.79 Å². The van der Waals surface area contributed by atoms with Crippen LogP contribution in [0.15, 0.2) is 18.3 Å². The molecule has 27 heavy (non-hydrogen) atoms. The number of carbonyl (C=O) groups is 1. The summed E-state index contributed by atoms with van der Waals surface area (Å²) in [7, 11) is 0. The van der Waals surface area contributed by atoms with Crippen molar-refractivity contribution in [2.45, 2.75) is 39.3 Å². The van der Waals surface area contributed by atoms with Gasteiger partial charge in [0.1, 0.15) is 5.82 Å². The van der Waals surface area contributed by atoms with Crippen molar-refractivity contribution in [1.29, 1.82) is 0 Å². The quantitative estimate of drug-likeness (QED) is 0.795. The average molecular weight is 418 g/mol. The van der Waals surface area contributed by atoms with Gasteiger partial charge in [-0.15, -0.1) is 24.8 Å². The van der Waals surface area contributed by atoms with E-state index in [0.717, 1.165) is 58.1 Å². The Morgan fingerprint density at radius 3 is 2.52 bits per heavy atom. The van der Waals surface area contributed by atoms with E-state index in [1.54, 1.807) is 6.20 Å². The van der Waals surface area contributed by atoms with Crippen LogP contribution in [0.1, 0.15) is 37.6 Å². The van der Waals surface area contributed by atoms with Gasteiger partial charge in [-0.25, -0.2) is 4.98 Å². The standard InChI is InChI=1S/C19H31N5O.2ClH/c1-4-24(15(2)3)18-6-5-16(13-21-18)19(25)23-10-7-17(14-23)22-11-8-20-9-12-22;;/h5-6,13,15,17,20H,4,7-12,14H2,1-3H3;2*1H. The zero-order valence-electron chi connectivity index (χ0n) is 16.6. The van der Waals surface area contributed by atoms with Gasteiger partial charge < -0.3 is 15.1 Å². The Balaban J connectivity index is 0.00000182. The van der Waals surface area contributed by atoms with Crippen LogP contribution in [-0.2, 0) is 0 Å². The number of hydrogen-bond donors (Lipinski definition) is 1. The lowest BCUT2D eigenvalue weighted by Crippen LogP contribution is -2.49. The number of aromatic nitrogens is 1. The summed E-state index contributed by atoms with van der Waals surface area (Å²) in [6.45, 7) is 13.3. The molecule has 2 aliphatic rings. The number of rotatable bonds is 5. The molecule has 6 nitrogen and oxygen atoms in total. The van der Waals surface area contributed by atoms with Crippen molar-refractivity contribution in [1.82, 2.24) is 20.1 Å². The molecule has 3 heterocycles. The van der Waals surface area contributed by atoms with E-state index in [1.807, 2.05) is 17.0 Å². The summed E-state index contributed by atoms with van der Waals surface area (Å²) in [4.78, 5) is 24.1. The van der Waals surface area contributed by atoms with Gasteiger partial charge in [0.05, 0.1) is 5.56 Å². The molecule has 0 aromatic carbocycles. The SMILES string of the molecule is CCN(c1ccc(C(=O)N2CCC(N3CCNCC3)C2)cn1)C(C)C.Cl.Cl. The van der Waals surface area contributed by atoms with Crippen LogP contribution in [0, 0.1) is 0 Å². The van der Waals surface area contributed by atoms with E-state index in [0.29, 0.717) is 17.6 Å². The van der Waals surface area contributed by atoms with Crippen LogP contribution in [0.3, 0.4) is 0 Å². The predicted octanol–water partition coefficient (Wildman–Crippen LogP) is 2.28. The number of piperazine rings is 1. The minimum absolute atomic E-state index is 0.